The maximum atomic E-state index is 12.8. The van der Waals surface area contributed by atoms with Gasteiger partial charge in [-0.2, -0.15) is 11.8 Å². The Morgan fingerprint density at radius 3 is 2.48 bits per heavy atom. The molecule has 0 bridgehead atoms. The first kappa shape index (κ1) is 14.5. The minimum atomic E-state index is -0.415. The van der Waals surface area contributed by atoms with Gasteiger partial charge in [0.1, 0.15) is 5.15 Å². The highest BCUT2D eigenvalue weighted by Crippen LogP contribution is 2.26. The fourth-order valence-electron chi connectivity index (χ4n) is 2.65. The van der Waals surface area contributed by atoms with Crippen molar-refractivity contribution in [1.82, 2.24) is 9.55 Å². The molecule has 1 N–H and O–H groups in total. The Hall–Kier alpha value is -1.46. The summed E-state index contributed by atoms with van der Waals surface area (Å²) in [5, 5.41) is 0.109. The normalized spacial score (nSPS) is 16.0. The molecule has 0 unspecified atom stereocenters. The maximum Gasteiger partial charge on any atom is 0.329 e. The monoisotopic (exact) mass is 322 g/mol. The highest BCUT2D eigenvalue weighted by molar-refractivity contribution is 7.99. The third-order valence-electron chi connectivity index (χ3n) is 3.71. The highest BCUT2D eigenvalue weighted by Gasteiger charge is 2.22. The Bertz CT molecular complexity index is 749. The van der Waals surface area contributed by atoms with Gasteiger partial charge in [0.15, 0.2) is 0 Å². The van der Waals surface area contributed by atoms with E-state index in [1.165, 1.54) is 4.57 Å². The molecule has 6 heteroatoms. The van der Waals surface area contributed by atoms with Crippen molar-refractivity contribution in [2.45, 2.75) is 18.9 Å². The number of hydrogen-bond donors (Lipinski definition) is 1. The van der Waals surface area contributed by atoms with Crippen molar-refractivity contribution >= 4 is 23.4 Å². The molecular weight excluding hydrogens is 308 g/mol. The number of H-pyrrole nitrogens is 1. The third-order valence-corrected chi connectivity index (χ3v) is 5.04. The lowest BCUT2D eigenvalue weighted by Crippen LogP contribution is -2.40. The zero-order valence-electron chi connectivity index (χ0n) is 11.3. The molecule has 0 radical (unpaired) electrons. The van der Waals surface area contributed by atoms with E-state index >= 15 is 0 Å². The van der Waals surface area contributed by atoms with Gasteiger partial charge in [-0.15, -0.1) is 0 Å². The molecular formula is C15H15ClN2O2S. The van der Waals surface area contributed by atoms with Crippen LogP contribution in [-0.2, 0) is 0 Å². The fourth-order valence-corrected chi connectivity index (χ4v) is 4.01. The minimum absolute atomic E-state index is 0.0396. The standard InChI is InChI=1S/C15H15ClN2O2S/c16-13-12(10-4-2-1-3-5-10)14(19)18(15(20)17-13)11-6-8-21-9-7-11/h1-5,11H,6-9H2,(H,17,20). The first-order valence-corrected chi connectivity index (χ1v) is 8.39. The number of halogens is 1. The predicted octanol–water partition coefficient (Wildman–Crippen LogP) is 2.93. The van der Waals surface area contributed by atoms with Crippen LogP contribution in [0.25, 0.3) is 11.1 Å². The van der Waals surface area contributed by atoms with Crippen LogP contribution >= 0.6 is 23.4 Å². The van der Waals surface area contributed by atoms with E-state index in [4.69, 9.17) is 11.6 Å². The topological polar surface area (TPSA) is 54.9 Å². The van der Waals surface area contributed by atoms with E-state index in [0.29, 0.717) is 5.56 Å². The molecule has 1 aliphatic rings. The van der Waals surface area contributed by atoms with Gasteiger partial charge in [0.2, 0.25) is 0 Å². The molecule has 1 fully saturated rings. The highest BCUT2D eigenvalue weighted by atomic mass is 35.5. The predicted molar refractivity (Wildman–Crippen MR) is 87.4 cm³/mol. The van der Waals surface area contributed by atoms with Gasteiger partial charge in [-0.25, -0.2) is 4.79 Å². The molecule has 0 saturated carbocycles. The molecule has 1 saturated heterocycles. The molecule has 2 heterocycles. The molecule has 1 aliphatic heterocycles. The number of aromatic nitrogens is 2. The number of thioether (sulfide) groups is 1. The van der Waals surface area contributed by atoms with Gasteiger partial charge in [-0.05, 0) is 29.9 Å². The molecule has 21 heavy (non-hydrogen) atoms. The van der Waals surface area contributed by atoms with Gasteiger partial charge in [0, 0.05) is 6.04 Å². The molecule has 0 spiro atoms. The van der Waals surface area contributed by atoms with Crippen LogP contribution in [0.2, 0.25) is 5.15 Å². The van der Waals surface area contributed by atoms with Crippen molar-refractivity contribution in [2.75, 3.05) is 11.5 Å². The van der Waals surface area contributed by atoms with Gasteiger partial charge < -0.3 is 0 Å². The van der Waals surface area contributed by atoms with Crippen LogP contribution in [0.5, 0.6) is 0 Å². The number of rotatable bonds is 2. The molecule has 0 atom stereocenters. The average Bonchev–Trinajstić information content (AvgIpc) is 2.49. The number of aromatic amines is 1. The summed E-state index contributed by atoms with van der Waals surface area (Å²) in [6.45, 7) is 0. The molecule has 0 aliphatic carbocycles. The largest absolute Gasteiger partial charge is 0.329 e. The van der Waals surface area contributed by atoms with E-state index in [2.05, 4.69) is 4.98 Å². The Labute approximate surface area is 131 Å². The summed E-state index contributed by atoms with van der Waals surface area (Å²) in [6.07, 6.45) is 1.67. The number of benzene rings is 1. The van der Waals surface area contributed by atoms with Crippen molar-refractivity contribution in [1.29, 1.82) is 0 Å². The van der Waals surface area contributed by atoms with Gasteiger partial charge in [-0.1, -0.05) is 41.9 Å². The summed E-state index contributed by atoms with van der Waals surface area (Å²) in [5.74, 6) is 1.94. The second kappa shape index (κ2) is 6.12. The van der Waals surface area contributed by atoms with Crippen LogP contribution in [0.3, 0.4) is 0 Å². The van der Waals surface area contributed by atoms with Crippen LogP contribution in [0.1, 0.15) is 18.9 Å². The Morgan fingerprint density at radius 2 is 1.81 bits per heavy atom. The minimum Gasteiger partial charge on any atom is -0.297 e. The van der Waals surface area contributed by atoms with Crippen molar-refractivity contribution in [2.24, 2.45) is 0 Å². The van der Waals surface area contributed by atoms with Crippen LogP contribution < -0.4 is 11.2 Å². The first-order chi connectivity index (χ1) is 10.2. The van der Waals surface area contributed by atoms with Crippen molar-refractivity contribution in [3.05, 3.63) is 56.3 Å². The summed E-state index contributed by atoms with van der Waals surface area (Å²) in [5.41, 5.74) is 0.381. The van der Waals surface area contributed by atoms with Crippen molar-refractivity contribution in [3.8, 4) is 11.1 Å². The van der Waals surface area contributed by atoms with Gasteiger partial charge in [0.05, 0.1) is 5.56 Å². The molecule has 1 aromatic heterocycles. The lowest BCUT2D eigenvalue weighted by atomic mass is 10.1. The average molecular weight is 323 g/mol. The Morgan fingerprint density at radius 1 is 1.14 bits per heavy atom. The Kier molecular flexibility index (Phi) is 4.22. The summed E-state index contributed by atoms with van der Waals surface area (Å²) >= 11 is 7.96. The second-order valence-electron chi connectivity index (χ2n) is 5.00. The first-order valence-electron chi connectivity index (χ1n) is 6.86. The zero-order chi connectivity index (χ0) is 14.8. The van der Waals surface area contributed by atoms with Gasteiger partial charge >= 0.3 is 5.69 Å². The van der Waals surface area contributed by atoms with E-state index in [1.807, 2.05) is 42.1 Å². The van der Waals surface area contributed by atoms with E-state index in [-0.39, 0.29) is 16.8 Å². The SMILES string of the molecule is O=c1[nH]c(Cl)c(-c2ccccc2)c(=O)n1C1CCSCC1. The van der Waals surface area contributed by atoms with E-state index in [1.54, 1.807) is 0 Å². The molecule has 4 nitrogen and oxygen atoms in total. The van der Waals surface area contributed by atoms with Gasteiger partial charge in [-0.3, -0.25) is 14.3 Å². The maximum absolute atomic E-state index is 12.8. The van der Waals surface area contributed by atoms with E-state index in [9.17, 15) is 9.59 Å². The quantitative estimate of drug-likeness (QED) is 0.865. The van der Waals surface area contributed by atoms with Crippen molar-refractivity contribution < 1.29 is 0 Å². The molecule has 110 valence electrons. The van der Waals surface area contributed by atoms with Crippen LogP contribution in [0.15, 0.2) is 39.9 Å². The third kappa shape index (κ3) is 2.80. The lowest BCUT2D eigenvalue weighted by molar-refractivity contribution is 0.438. The van der Waals surface area contributed by atoms with Gasteiger partial charge in [0.25, 0.3) is 5.56 Å². The molecule has 0 amide bonds. The summed E-state index contributed by atoms with van der Waals surface area (Å²) in [4.78, 5) is 27.5. The number of nitrogens with one attached hydrogen (secondary N) is 1. The molecule has 1 aromatic carbocycles. The van der Waals surface area contributed by atoms with E-state index < -0.39 is 5.69 Å². The molecule has 2 aromatic rings. The lowest BCUT2D eigenvalue weighted by Gasteiger charge is -2.23. The summed E-state index contributed by atoms with van der Waals surface area (Å²) in [6, 6.07) is 9.17. The number of nitrogens with zero attached hydrogens (tertiary/aromatic N) is 1. The smallest absolute Gasteiger partial charge is 0.297 e. The van der Waals surface area contributed by atoms with E-state index in [0.717, 1.165) is 29.9 Å². The van der Waals surface area contributed by atoms with Crippen LogP contribution in [0, 0.1) is 0 Å². The summed E-state index contributed by atoms with van der Waals surface area (Å²) in [7, 11) is 0. The summed E-state index contributed by atoms with van der Waals surface area (Å²) < 4.78 is 1.34. The van der Waals surface area contributed by atoms with Crippen LogP contribution in [-0.4, -0.2) is 21.1 Å². The number of hydrogen-bond acceptors (Lipinski definition) is 3. The zero-order valence-corrected chi connectivity index (χ0v) is 12.9. The Balaban J connectivity index is 2.18. The fraction of sp³-hybridized carbons (Fsp3) is 0.333. The second-order valence-corrected chi connectivity index (χ2v) is 6.61. The van der Waals surface area contributed by atoms with Crippen LogP contribution in [0.4, 0.5) is 0 Å². The van der Waals surface area contributed by atoms with Crippen molar-refractivity contribution in [3.63, 3.8) is 0 Å². The molecule has 3 rings (SSSR count).